The molecular formula is C16H22ClNO5S. The summed E-state index contributed by atoms with van der Waals surface area (Å²) in [7, 11) is -2.63. The fourth-order valence-corrected chi connectivity index (χ4v) is 4.84. The number of nitrogens with zero attached hydrogens (tertiary/aromatic N) is 1. The first-order valence-electron chi connectivity index (χ1n) is 7.81. The van der Waals surface area contributed by atoms with Crippen molar-refractivity contribution < 1.29 is 23.1 Å². The van der Waals surface area contributed by atoms with E-state index < -0.39 is 22.0 Å². The Balaban J connectivity index is 2.36. The van der Waals surface area contributed by atoms with Gasteiger partial charge in [-0.3, -0.25) is 0 Å². The van der Waals surface area contributed by atoms with E-state index in [9.17, 15) is 18.3 Å². The van der Waals surface area contributed by atoms with Crippen molar-refractivity contribution in [2.75, 3.05) is 20.3 Å². The average molecular weight is 376 g/mol. The highest BCUT2D eigenvalue weighted by Gasteiger charge is 2.34. The first kappa shape index (κ1) is 19.2. The second-order valence-electron chi connectivity index (χ2n) is 6.04. The number of esters is 1. The normalized spacial score (nSPS) is 16.7. The number of methoxy groups -OCH3 is 1. The maximum Gasteiger partial charge on any atom is 0.337 e. The molecule has 1 aliphatic rings. The molecule has 1 saturated carbocycles. The first-order valence-corrected chi connectivity index (χ1v) is 9.63. The number of aliphatic hydroxyl groups is 1. The number of benzene rings is 1. The summed E-state index contributed by atoms with van der Waals surface area (Å²) in [4.78, 5) is 11.5. The number of ether oxygens (including phenoxy) is 1. The number of halogens is 1. The van der Waals surface area contributed by atoms with Crippen molar-refractivity contribution in [3.05, 3.63) is 28.8 Å². The Morgan fingerprint density at radius 3 is 2.58 bits per heavy atom. The fraction of sp³-hybridized carbons (Fsp3) is 0.562. The van der Waals surface area contributed by atoms with Gasteiger partial charge in [0.25, 0.3) is 0 Å². The Morgan fingerprint density at radius 1 is 1.46 bits per heavy atom. The zero-order valence-electron chi connectivity index (χ0n) is 13.7. The molecule has 0 spiro atoms. The van der Waals surface area contributed by atoms with Crippen molar-refractivity contribution in [1.82, 2.24) is 4.31 Å². The molecule has 2 rings (SSSR count). The van der Waals surface area contributed by atoms with Crippen LogP contribution in [0.2, 0.25) is 5.02 Å². The number of sulfonamides is 1. The molecule has 24 heavy (non-hydrogen) atoms. The number of rotatable bonds is 7. The van der Waals surface area contributed by atoms with Gasteiger partial charge in [0.1, 0.15) is 4.90 Å². The highest BCUT2D eigenvalue weighted by molar-refractivity contribution is 7.89. The fourth-order valence-electron chi connectivity index (χ4n) is 2.62. The maximum absolute atomic E-state index is 13.0. The molecule has 0 heterocycles. The van der Waals surface area contributed by atoms with Gasteiger partial charge < -0.3 is 9.84 Å². The second kappa shape index (κ2) is 7.82. The number of carbonyl (C=O) groups excluding carboxylic acids is 1. The molecule has 1 fully saturated rings. The first-order chi connectivity index (χ1) is 11.3. The van der Waals surface area contributed by atoms with Crippen molar-refractivity contribution in [3.63, 3.8) is 0 Å². The third-order valence-electron chi connectivity index (χ3n) is 4.36. The van der Waals surface area contributed by atoms with Crippen molar-refractivity contribution >= 4 is 27.6 Å². The molecular weight excluding hydrogens is 354 g/mol. The van der Waals surface area contributed by atoms with Crippen LogP contribution >= 0.6 is 11.6 Å². The van der Waals surface area contributed by atoms with Crippen LogP contribution in [0.25, 0.3) is 0 Å². The van der Waals surface area contributed by atoms with E-state index in [0.29, 0.717) is 12.5 Å². The minimum Gasteiger partial charge on any atom is -0.465 e. The van der Waals surface area contributed by atoms with E-state index in [4.69, 9.17) is 11.6 Å². The van der Waals surface area contributed by atoms with Crippen LogP contribution in [-0.2, 0) is 14.8 Å². The Bertz CT molecular complexity index is 702. The Morgan fingerprint density at radius 2 is 2.12 bits per heavy atom. The van der Waals surface area contributed by atoms with Crippen LogP contribution in [0.1, 0.15) is 36.5 Å². The number of aliphatic hydroxyl groups excluding tert-OH is 1. The van der Waals surface area contributed by atoms with E-state index in [1.165, 1.54) is 29.6 Å². The molecule has 1 atom stereocenters. The summed E-state index contributed by atoms with van der Waals surface area (Å²) in [6.07, 6.45) is 3.07. The largest absolute Gasteiger partial charge is 0.465 e. The van der Waals surface area contributed by atoms with E-state index in [1.807, 2.05) is 0 Å². The van der Waals surface area contributed by atoms with E-state index in [0.717, 1.165) is 19.3 Å². The van der Waals surface area contributed by atoms with Crippen LogP contribution in [0.5, 0.6) is 0 Å². The highest BCUT2D eigenvalue weighted by Crippen LogP contribution is 2.32. The zero-order chi connectivity index (χ0) is 17.9. The molecule has 0 amide bonds. The third kappa shape index (κ3) is 3.91. The number of carbonyl (C=O) groups is 1. The van der Waals surface area contributed by atoms with Crippen molar-refractivity contribution in [1.29, 1.82) is 0 Å². The Kier molecular flexibility index (Phi) is 6.25. The van der Waals surface area contributed by atoms with Gasteiger partial charge in [0.15, 0.2) is 0 Å². The van der Waals surface area contributed by atoms with E-state index in [-0.39, 0.29) is 22.1 Å². The molecule has 0 bridgehead atoms. The molecule has 1 N–H and O–H groups in total. The van der Waals surface area contributed by atoms with Gasteiger partial charge in [0.05, 0.1) is 24.3 Å². The summed E-state index contributed by atoms with van der Waals surface area (Å²) in [5.74, 6) is -0.280. The van der Waals surface area contributed by atoms with Crippen LogP contribution in [-0.4, -0.2) is 50.1 Å². The van der Waals surface area contributed by atoms with Gasteiger partial charge in [-0.15, -0.1) is 0 Å². The van der Waals surface area contributed by atoms with Gasteiger partial charge in [-0.25, -0.2) is 13.2 Å². The van der Waals surface area contributed by atoms with E-state index in [2.05, 4.69) is 4.74 Å². The molecule has 0 radical (unpaired) electrons. The van der Waals surface area contributed by atoms with Crippen LogP contribution in [0, 0.1) is 5.92 Å². The van der Waals surface area contributed by atoms with Gasteiger partial charge in [-0.2, -0.15) is 4.31 Å². The zero-order valence-corrected chi connectivity index (χ0v) is 15.3. The number of hydrogen-bond acceptors (Lipinski definition) is 5. The van der Waals surface area contributed by atoms with Gasteiger partial charge in [0.2, 0.25) is 10.0 Å². The second-order valence-corrected chi connectivity index (χ2v) is 8.31. The molecule has 6 nitrogen and oxygen atoms in total. The van der Waals surface area contributed by atoms with Crippen molar-refractivity contribution in [2.45, 2.75) is 37.1 Å². The summed E-state index contributed by atoms with van der Waals surface area (Å²) in [6.45, 7) is 1.75. The van der Waals surface area contributed by atoms with Crippen LogP contribution < -0.4 is 0 Å². The SMILES string of the molecule is COC(=O)c1ccc(S(=O)(=O)N(CC2CCC2)[C@@H](C)CO)c(Cl)c1. The summed E-state index contributed by atoms with van der Waals surface area (Å²) < 4.78 is 31.9. The number of hydrogen-bond donors (Lipinski definition) is 1. The molecule has 1 aromatic rings. The minimum atomic E-state index is -3.87. The van der Waals surface area contributed by atoms with Crippen molar-refractivity contribution in [3.8, 4) is 0 Å². The lowest BCUT2D eigenvalue weighted by atomic mass is 9.85. The lowest BCUT2D eigenvalue weighted by molar-refractivity contribution is 0.0600. The molecule has 1 aliphatic carbocycles. The monoisotopic (exact) mass is 375 g/mol. The maximum atomic E-state index is 13.0. The van der Waals surface area contributed by atoms with Crippen molar-refractivity contribution in [2.24, 2.45) is 5.92 Å². The topological polar surface area (TPSA) is 83.9 Å². The molecule has 134 valence electrons. The van der Waals surface area contributed by atoms with Gasteiger partial charge >= 0.3 is 5.97 Å². The summed E-state index contributed by atoms with van der Waals surface area (Å²) in [5.41, 5.74) is 0.183. The quantitative estimate of drug-likeness (QED) is 0.739. The molecule has 0 saturated heterocycles. The van der Waals surface area contributed by atoms with Gasteiger partial charge in [-0.05, 0) is 43.9 Å². The molecule has 0 aliphatic heterocycles. The summed E-state index contributed by atoms with van der Waals surface area (Å²) in [5, 5.41) is 9.40. The lowest BCUT2D eigenvalue weighted by Crippen LogP contribution is -2.44. The standard InChI is InChI=1S/C16H22ClNO5S/c1-11(10-19)18(9-12-4-3-5-12)24(21,22)15-7-6-13(8-14(15)17)16(20)23-2/h6-8,11-12,19H,3-5,9-10H2,1-2H3/t11-/m0/s1. The molecule has 1 aromatic carbocycles. The summed E-state index contributed by atoms with van der Waals surface area (Å²) in [6, 6.07) is 3.41. The third-order valence-corrected chi connectivity index (χ3v) is 6.82. The van der Waals surface area contributed by atoms with Crippen LogP contribution in [0.4, 0.5) is 0 Å². The van der Waals surface area contributed by atoms with Gasteiger partial charge in [0, 0.05) is 12.6 Å². The highest BCUT2D eigenvalue weighted by atomic mass is 35.5. The molecule has 0 aromatic heterocycles. The lowest BCUT2D eigenvalue weighted by Gasteiger charge is -2.34. The molecule has 0 unspecified atom stereocenters. The Labute approximate surface area is 147 Å². The molecule has 8 heteroatoms. The van der Waals surface area contributed by atoms with Crippen LogP contribution in [0.3, 0.4) is 0 Å². The van der Waals surface area contributed by atoms with E-state index >= 15 is 0 Å². The van der Waals surface area contributed by atoms with E-state index in [1.54, 1.807) is 6.92 Å². The predicted octanol–water partition coefficient (Wildman–Crippen LogP) is 2.30. The average Bonchev–Trinajstić information content (AvgIpc) is 2.51. The smallest absolute Gasteiger partial charge is 0.337 e. The minimum absolute atomic E-state index is 0.0401. The van der Waals surface area contributed by atoms with Gasteiger partial charge in [-0.1, -0.05) is 18.0 Å². The van der Waals surface area contributed by atoms with Crippen LogP contribution in [0.15, 0.2) is 23.1 Å². The Hall–Kier alpha value is -1.15. The predicted molar refractivity (Wildman–Crippen MR) is 90.6 cm³/mol. The summed E-state index contributed by atoms with van der Waals surface area (Å²) >= 11 is 6.12.